The number of anilines is 1. The van der Waals surface area contributed by atoms with Crippen molar-refractivity contribution in [2.45, 2.75) is 6.54 Å². The third kappa shape index (κ3) is 2.67. The van der Waals surface area contributed by atoms with Crippen LogP contribution in [0.3, 0.4) is 0 Å². The van der Waals surface area contributed by atoms with Gasteiger partial charge in [0.1, 0.15) is 17.3 Å². The van der Waals surface area contributed by atoms with Crippen LogP contribution in [0.25, 0.3) is 0 Å². The number of pyridine rings is 1. The molecular formula is C17H17N5O4. The first kappa shape index (κ1) is 17.5. The zero-order valence-electron chi connectivity index (χ0n) is 14.5. The molecule has 1 aliphatic rings. The molecule has 0 saturated carbocycles. The Labute approximate surface area is 148 Å². The Morgan fingerprint density at radius 3 is 2.54 bits per heavy atom. The highest BCUT2D eigenvalue weighted by Crippen LogP contribution is 2.25. The second kappa shape index (κ2) is 6.51. The summed E-state index contributed by atoms with van der Waals surface area (Å²) in [5, 5.41) is 0. The zero-order valence-corrected chi connectivity index (χ0v) is 14.5. The van der Waals surface area contributed by atoms with Crippen LogP contribution >= 0.6 is 0 Å². The summed E-state index contributed by atoms with van der Waals surface area (Å²) in [6.45, 7) is 0.257. The van der Waals surface area contributed by atoms with E-state index in [0.717, 1.165) is 19.6 Å². The van der Waals surface area contributed by atoms with Gasteiger partial charge in [-0.2, -0.15) is 0 Å². The van der Waals surface area contributed by atoms with Gasteiger partial charge in [0.05, 0.1) is 6.54 Å². The van der Waals surface area contributed by atoms with E-state index < -0.39 is 28.9 Å². The Morgan fingerprint density at radius 2 is 1.88 bits per heavy atom. The maximum atomic E-state index is 12.8. The second-order valence-corrected chi connectivity index (χ2v) is 5.99. The molecule has 0 N–H and O–H groups in total. The lowest BCUT2D eigenvalue weighted by atomic mass is 9.94. The molecule has 0 fully saturated rings. The fourth-order valence-corrected chi connectivity index (χ4v) is 2.91. The smallest absolute Gasteiger partial charge is 0.300 e. The number of fused-ring (bicyclic) bond motifs is 1. The second-order valence-electron chi connectivity index (χ2n) is 5.99. The van der Waals surface area contributed by atoms with Gasteiger partial charge in [-0.15, -0.1) is 0 Å². The Hall–Kier alpha value is -3.36. The normalized spacial score (nSPS) is 17.0. The molecule has 2 aromatic rings. The van der Waals surface area contributed by atoms with E-state index in [0.29, 0.717) is 0 Å². The van der Waals surface area contributed by atoms with Gasteiger partial charge in [-0.25, -0.2) is 4.79 Å². The highest BCUT2D eigenvalue weighted by molar-refractivity contribution is 6.28. The van der Waals surface area contributed by atoms with Crippen LogP contribution < -0.4 is 16.1 Å². The molecule has 0 radical (unpaired) electrons. The monoisotopic (exact) mass is 355 g/mol. The Balaban J connectivity index is 2.02. The van der Waals surface area contributed by atoms with Gasteiger partial charge in [0.2, 0.25) is 5.91 Å². The summed E-state index contributed by atoms with van der Waals surface area (Å²) < 4.78 is 1.97. The zero-order chi connectivity index (χ0) is 19.0. The molecular weight excluding hydrogens is 338 g/mol. The van der Waals surface area contributed by atoms with Gasteiger partial charge in [0, 0.05) is 39.8 Å². The first-order valence-electron chi connectivity index (χ1n) is 7.85. The number of aliphatic imine (C=N–C) groups is 1. The Kier molecular flexibility index (Phi) is 4.37. The molecule has 0 unspecified atom stereocenters. The van der Waals surface area contributed by atoms with Gasteiger partial charge in [-0.05, 0) is 11.6 Å². The van der Waals surface area contributed by atoms with E-state index in [9.17, 15) is 19.2 Å². The largest absolute Gasteiger partial charge is 0.332 e. The lowest BCUT2D eigenvalue weighted by Crippen LogP contribution is -2.52. The molecule has 1 aliphatic heterocycles. The van der Waals surface area contributed by atoms with Crippen LogP contribution in [-0.4, -0.2) is 39.1 Å². The number of nitrogens with zero attached hydrogens (tertiary/aromatic N) is 5. The van der Waals surface area contributed by atoms with E-state index in [1.807, 2.05) is 6.07 Å². The highest BCUT2D eigenvalue weighted by atomic mass is 16.2. The molecule has 9 heteroatoms. The van der Waals surface area contributed by atoms with Crippen molar-refractivity contribution in [3.8, 4) is 0 Å². The van der Waals surface area contributed by atoms with Crippen LogP contribution in [-0.2, 0) is 25.4 Å². The average molecular weight is 355 g/mol. The van der Waals surface area contributed by atoms with Gasteiger partial charge in [0.15, 0.2) is 5.78 Å². The van der Waals surface area contributed by atoms with E-state index in [2.05, 4.69) is 9.98 Å². The summed E-state index contributed by atoms with van der Waals surface area (Å²) in [7, 11) is 4.13. The van der Waals surface area contributed by atoms with Crippen molar-refractivity contribution in [3.05, 3.63) is 56.5 Å². The molecule has 26 heavy (non-hydrogen) atoms. The predicted octanol–water partition coefficient (Wildman–Crippen LogP) is -0.475. The van der Waals surface area contributed by atoms with Crippen molar-refractivity contribution >= 4 is 23.7 Å². The van der Waals surface area contributed by atoms with Crippen molar-refractivity contribution in [2.24, 2.45) is 25.0 Å². The SMILES string of the molecule is CN1C(=O)[C@@H](C=NCc2cccnc2)C(=O)c2c1n(C)c(=O)n(C)c2=O. The summed E-state index contributed by atoms with van der Waals surface area (Å²) in [5.74, 6) is -2.39. The summed E-state index contributed by atoms with van der Waals surface area (Å²) in [5.41, 5.74) is -0.691. The first-order chi connectivity index (χ1) is 12.3. The van der Waals surface area contributed by atoms with Gasteiger partial charge in [-0.3, -0.25) is 38.4 Å². The standard InChI is InChI=1S/C17H17N5O4/c1-20-14-12(16(25)22(3)17(26)21(14)2)13(23)11(15(20)24)9-19-8-10-5-4-6-18-7-10/h4-7,9,11H,8H2,1-3H3/t11-/m0/s1. The van der Waals surface area contributed by atoms with Crippen molar-refractivity contribution in [1.29, 1.82) is 0 Å². The number of Topliss-reactive ketones (excluding diaryl/α,β-unsaturated/α-hetero) is 1. The van der Waals surface area contributed by atoms with Crippen LogP contribution in [0.5, 0.6) is 0 Å². The molecule has 2 aromatic heterocycles. The lowest BCUT2D eigenvalue weighted by Gasteiger charge is -2.29. The first-order valence-corrected chi connectivity index (χ1v) is 7.85. The van der Waals surface area contributed by atoms with E-state index in [-0.39, 0.29) is 17.9 Å². The highest BCUT2D eigenvalue weighted by Gasteiger charge is 2.41. The molecule has 134 valence electrons. The number of carbonyl (C=O) groups excluding carboxylic acids is 2. The van der Waals surface area contributed by atoms with Crippen molar-refractivity contribution in [1.82, 2.24) is 14.1 Å². The number of carbonyl (C=O) groups is 2. The van der Waals surface area contributed by atoms with E-state index in [1.165, 1.54) is 27.4 Å². The molecule has 3 rings (SSSR count). The fourth-order valence-electron chi connectivity index (χ4n) is 2.91. The van der Waals surface area contributed by atoms with Crippen LogP contribution in [0.15, 0.2) is 39.1 Å². The summed E-state index contributed by atoms with van der Waals surface area (Å²) >= 11 is 0. The van der Waals surface area contributed by atoms with Crippen molar-refractivity contribution in [2.75, 3.05) is 11.9 Å². The van der Waals surface area contributed by atoms with Gasteiger partial charge >= 0.3 is 5.69 Å². The molecule has 0 aromatic carbocycles. The number of rotatable bonds is 3. The number of hydrogen-bond acceptors (Lipinski definition) is 6. The van der Waals surface area contributed by atoms with Crippen LogP contribution in [0.2, 0.25) is 0 Å². The molecule has 0 bridgehead atoms. The van der Waals surface area contributed by atoms with Crippen LogP contribution in [0.4, 0.5) is 5.82 Å². The van der Waals surface area contributed by atoms with E-state index >= 15 is 0 Å². The number of amides is 1. The van der Waals surface area contributed by atoms with Gasteiger partial charge in [0.25, 0.3) is 5.56 Å². The summed E-state index contributed by atoms with van der Waals surface area (Å²) in [6.07, 6.45) is 4.52. The molecule has 9 nitrogen and oxygen atoms in total. The van der Waals surface area contributed by atoms with Crippen LogP contribution in [0.1, 0.15) is 15.9 Å². The van der Waals surface area contributed by atoms with Crippen molar-refractivity contribution in [3.63, 3.8) is 0 Å². The third-order valence-electron chi connectivity index (χ3n) is 4.33. The minimum atomic E-state index is -1.20. The number of aromatic nitrogens is 3. The average Bonchev–Trinajstić information content (AvgIpc) is 2.64. The Bertz CT molecular complexity index is 1040. The molecule has 1 amide bonds. The number of hydrogen-bond donors (Lipinski definition) is 0. The predicted molar refractivity (Wildman–Crippen MR) is 94.6 cm³/mol. The maximum Gasteiger partial charge on any atom is 0.332 e. The minimum absolute atomic E-state index is 0.00464. The summed E-state index contributed by atoms with van der Waals surface area (Å²) in [6, 6.07) is 3.58. The van der Waals surface area contributed by atoms with E-state index in [4.69, 9.17) is 0 Å². The Morgan fingerprint density at radius 1 is 1.15 bits per heavy atom. The number of ketones is 1. The molecule has 0 spiro atoms. The fraction of sp³-hybridized carbons (Fsp3) is 0.294. The molecule has 1 atom stereocenters. The third-order valence-corrected chi connectivity index (χ3v) is 4.33. The van der Waals surface area contributed by atoms with Gasteiger partial charge in [-0.1, -0.05) is 6.07 Å². The lowest BCUT2D eigenvalue weighted by molar-refractivity contribution is -0.119. The molecule has 0 aliphatic carbocycles. The van der Waals surface area contributed by atoms with Gasteiger partial charge < -0.3 is 0 Å². The van der Waals surface area contributed by atoms with E-state index in [1.54, 1.807) is 18.5 Å². The van der Waals surface area contributed by atoms with Crippen molar-refractivity contribution < 1.29 is 9.59 Å². The summed E-state index contributed by atoms with van der Waals surface area (Å²) in [4.78, 5) is 59.1. The quantitative estimate of drug-likeness (QED) is 0.546. The molecule has 0 saturated heterocycles. The maximum absolute atomic E-state index is 12.8. The molecule has 3 heterocycles. The van der Waals surface area contributed by atoms with Crippen LogP contribution in [0, 0.1) is 5.92 Å². The topological polar surface area (TPSA) is 107 Å². The minimum Gasteiger partial charge on any atom is -0.300 e.